The molecule has 19 heavy (non-hydrogen) atoms. The van der Waals surface area contributed by atoms with E-state index in [1.54, 1.807) is 0 Å². The standard InChI is InChI=1S/C14H22N4O/c1-8(2)14(5-6-14)7-16-13(19)12-10(15)11(17-18-12)9-3-4-9/h8-9H,3-7,15H2,1-2H3,(H,16,19)(H,17,18). The predicted octanol–water partition coefficient (Wildman–Crippen LogP) is 2.04. The van der Waals surface area contributed by atoms with Crippen molar-refractivity contribution in [3.05, 3.63) is 11.4 Å². The van der Waals surface area contributed by atoms with Crippen LogP contribution in [0.15, 0.2) is 0 Å². The number of carbonyl (C=O) groups excluding carboxylic acids is 1. The van der Waals surface area contributed by atoms with E-state index in [1.165, 1.54) is 12.8 Å². The molecule has 3 rings (SSSR count). The smallest absolute Gasteiger partial charge is 0.273 e. The lowest BCUT2D eigenvalue weighted by Gasteiger charge is -2.19. The summed E-state index contributed by atoms with van der Waals surface area (Å²) in [4.78, 5) is 12.1. The molecule has 0 bridgehead atoms. The lowest BCUT2D eigenvalue weighted by atomic mass is 9.92. The van der Waals surface area contributed by atoms with Crippen molar-refractivity contribution in [3.8, 4) is 0 Å². The van der Waals surface area contributed by atoms with Crippen LogP contribution >= 0.6 is 0 Å². The van der Waals surface area contributed by atoms with E-state index in [9.17, 15) is 4.79 Å². The number of carbonyl (C=O) groups is 1. The minimum atomic E-state index is -0.146. The minimum Gasteiger partial charge on any atom is -0.395 e. The minimum absolute atomic E-state index is 0.146. The van der Waals surface area contributed by atoms with Crippen LogP contribution in [0.3, 0.4) is 0 Å². The molecule has 0 radical (unpaired) electrons. The molecule has 1 heterocycles. The molecule has 2 saturated carbocycles. The number of rotatable bonds is 5. The molecule has 0 aliphatic heterocycles. The molecule has 2 fully saturated rings. The quantitative estimate of drug-likeness (QED) is 0.759. The Bertz CT molecular complexity index is 498. The Morgan fingerprint density at radius 3 is 2.74 bits per heavy atom. The number of aromatic amines is 1. The van der Waals surface area contributed by atoms with Gasteiger partial charge < -0.3 is 11.1 Å². The third-order valence-corrected chi connectivity index (χ3v) is 4.75. The van der Waals surface area contributed by atoms with Gasteiger partial charge in [0.05, 0.1) is 11.4 Å². The summed E-state index contributed by atoms with van der Waals surface area (Å²) in [5, 5.41) is 9.99. The number of amides is 1. The van der Waals surface area contributed by atoms with Crippen LogP contribution in [0.5, 0.6) is 0 Å². The van der Waals surface area contributed by atoms with E-state index in [4.69, 9.17) is 5.73 Å². The van der Waals surface area contributed by atoms with Crippen LogP contribution in [0.25, 0.3) is 0 Å². The lowest BCUT2D eigenvalue weighted by Crippen LogP contribution is -2.33. The molecule has 1 amide bonds. The zero-order valence-corrected chi connectivity index (χ0v) is 11.6. The normalized spacial score (nSPS) is 20.6. The Morgan fingerprint density at radius 2 is 2.21 bits per heavy atom. The summed E-state index contributed by atoms with van der Waals surface area (Å²) in [6.45, 7) is 5.16. The van der Waals surface area contributed by atoms with Crippen molar-refractivity contribution < 1.29 is 4.79 Å². The number of anilines is 1. The number of aromatic nitrogens is 2. The number of nitrogens with zero attached hydrogens (tertiary/aromatic N) is 1. The van der Waals surface area contributed by atoms with Crippen LogP contribution in [0.4, 0.5) is 5.69 Å². The van der Waals surface area contributed by atoms with Crippen molar-refractivity contribution in [3.63, 3.8) is 0 Å². The molecular weight excluding hydrogens is 240 g/mol. The maximum atomic E-state index is 12.1. The van der Waals surface area contributed by atoms with E-state index < -0.39 is 0 Å². The van der Waals surface area contributed by atoms with E-state index in [0.29, 0.717) is 28.6 Å². The van der Waals surface area contributed by atoms with Gasteiger partial charge in [0.2, 0.25) is 0 Å². The molecule has 0 spiro atoms. The third kappa shape index (κ3) is 2.22. The van der Waals surface area contributed by atoms with Crippen LogP contribution in [0.2, 0.25) is 0 Å². The fourth-order valence-electron chi connectivity index (χ4n) is 2.68. The van der Waals surface area contributed by atoms with Gasteiger partial charge in [0, 0.05) is 12.5 Å². The molecule has 4 N–H and O–H groups in total. The van der Waals surface area contributed by atoms with Crippen molar-refractivity contribution in [1.82, 2.24) is 15.5 Å². The Kier molecular flexibility index (Phi) is 2.80. The molecule has 2 aliphatic rings. The average molecular weight is 262 g/mol. The molecule has 0 unspecified atom stereocenters. The third-order valence-electron chi connectivity index (χ3n) is 4.75. The van der Waals surface area contributed by atoms with E-state index in [0.717, 1.165) is 25.1 Å². The molecule has 0 saturated heterocycles. The first kappa shape index (κ1) is 12.5. The summed E-state index contributed by atoms with van der Waals surface area (Å²) in [5.41, 5.74) is 8.15. The number of H-pyrrole nitrogens is 1. The van der Waals surface area contributed by atoms with Gasteiger partial charge in [-0.15, -0.1) is 0 Å². The second kappa shape index (κ2) is 4.25. The highest BCUT2D eigenvalue weighted by Crippen LogP contribution is 2.51. The molecule has 5 heteroatoms. The molecular formula is C14H22N4O. The summed E-state index contributed by atoms with van der Waals surface area (Å²) in [6.07, 6.45) is 4.69. The Morgan fingerprint density at radius 1 is 1.53 bits per heavy atom. The van der Waals surface area contributed by atoms with Crippen molar-refractivity contribution in [2.24, 2.45) is 11.3 Å². The van der Waals surface area contributed by atoms with Crippen LogP contribution in [0, 0.1) is 11.3 Å². The number of nitrogens with one attached hydrogen (secondary N) is 2. The van der Waals surface area contributed by atoms with E-state index >= 15 is 0 Å². The summed E-state index contributed by atoms with van der Waals surface area (Å²) in [6, 6.07) is 0. The average Bonchev–Trinajstić information content (AvgIpc) is 3.26. The zero-order valence-electron chi connectivity index (χ0n) is 11.6. The second-order valence-corrected chi connectivity index (χ2v) is 6.37. The molecule has 1 aromatic rings. The van der Waals surface area contributed by atoms with Crippen molar-refractivity contribution in [2.45, 2.75) is 45.4 Å². The Balaban J connectivity index is 1.64. The van der Waals surface area contributed by atoms with Crippen LogP contribution in [0.1, 0.15) is 61.6 Å². The SMILES string of the molecule is CC(C)C1(CNC(=O)c2n[nH]c(C3CC3)c2N)CC1. The molecule has 1 aromatic heterocycles. The summed E-state index contributed by atoms with van der Waals surface area (Å²) in [7, 11) is 0. The molecule has 0 aromatic carbocycles. The van der Waals surface area contributed by atoms with Gasteiger partial charge in [0.25, 0.3) is 5.91 Å². The highest BCUT2D eigenvalue weighted by Gasteiger charge is 2.45. The van der Waals surface area contributed by atoms with E-state index in [1.807, 2.05) is 0 Å². The highest BCUT2D eigenvalue weighted by atomic mass is 16.1. The topological polar surface area (TPSA) is 83.8 Å². The fraction of sp³-hybridized carbons (Fsp3) is 0.714. The predicted molar refractivity (Wildman–Crippen MR) is 73.8 cm³/mol. The number of nitrogen functional groups attached to an aromatic ring is 1. The van der Waals surface area contributed by atoms with Crippen molar-refractivity contribution in [1.29, 1.82) is 0 Å². The zero-order chi connectivity index (χ0) is 13.6. The molecule has 104 valence electrons. The highest BCUT2D eigenvalue weighted by molar-refractivity contribution is 5.97. The number of hydrogen-bond donors (Lipinski definition) is 3. The van der Waals surface area contributed by atoms with Gasteiger partial charge in [-0.1, -0.05) is 13.8 Å². The van der Waals surface area contributed by atoms with Gasteiger partial charge in [-0.05, 0) is 37.0 Å². The summed E-state index contributed by atoms with van der Waals surface area (Å²) < 4.78 is 0. The Hall–Kier alpha value is -1.52. The molecule has 2 aliphatic carbocycles. The van der Waals surface area contributed by atoms with Gasteiger partial charge >= 0.3 is 0 Å². The van der Waals surface area contributed by atoms with Crippen LogP contribution in [-0.4, -0.2) is 22.6 Å². The first-order valence-electron chi connectivity index (χ1n) is 7.15. The number of nitrogens with two attached hydrogens (primary N) is 1. The monoisotopic (exact) mass is 262 g/mol. The van der Waals surface area contributed by atoms with Gasteiger partial charge in [0.1, 0.15) is 0 Å². The van der Waals surface area contributed by atoms with Gasteiger partial charge in [-0.3, -0.25) is 9.89 Å². The molecule has 5 nitrogen and oxygen atoms in total. The summed E-state index contributed by atoms with van der Waals surface area (Å²) >= 11 is 0. The van der Waals surface area contributed by atoms with Crippen molar-refractivity contribution >= 4 is 11.6 Å². The van der Waals surface area contributed by atoms with Crippen LogP contribution < -0.4 is 11.1 Å². The van der Waals surface area contributed by atoms with Gasteiger partial charge in [-0.2, -0.15) is 5.10 Å². The van der Waals surface area contributed by atoms with Crippen molar-refractivity contribution in [2.75, 3.05) is 12.3 Å². The first-order valence-corrected chi connectivity index (χ1v) is 7.15. The maximum absolute atomic E-state index is 12.1. The maximum Gasteiger partial charge on any atom is 0.273 e. The van der Waals surface area contributed by atoms with E-state index in [2.05, 4.69) is 29.4 Å². The van der Waals surface area contributed by atoms with Gasteiger partial charge in [-0.25, -0.2) is 0 Å². The lowest BCUT2D eigenvalue weighted by molar-refractivity contribution is 0.0935. The number of hydrogen-bond acceptors (Lipinski definition) is 3. The molecule has 0 atom stereocenters. The second-order valence-electron chi connectivity index (χ2n) is 6.37. The van der Waals surface area contributed by atoms with Crippen LogP contribution in [-0.2, 0) is 0 Å². The fourth-order valence-corrected chi connectivity index (χ4v) is 2.68. The summed E-state index contributed by atoms with van der Waals surface area (Å²) in [5.74, 6) is 0.943. The first-order chi connectivity index (χ1) is 9.03. The Labute approximate surface area is 113 Å². The largest absolute Gasteiger partial charge is 0.395 e. The van der Waals surface area contributed by atoms with Gasteiger partial charge in [0.15, 0.2) is 5.69 Å². The van der Waals surface area contributed by atoms with E-state index in [-0.39, 0.29) is 5.91 Å².